The fourth-order valence-electron chi connectivity index (χ4n) is 1.82. The Labute approximate surface area is 160 Å². The number of esters is 1. The van der Waals surface area contributed by atoms with E-state index >= 15 is 0 Å². The molecule has 2 rings (SSSR count). The van der Waals surface area contributed by atoms with Gasteiger partial charge in [-0.1, -0.05) is 15.9 Å². The Bertz CT molecular complexity index is 804. The van der Waals surface area contributed by atoms with Crippen molar-refractivity contribution in [2.75, 3.05) is 18.5 Å². The normalized spacial score (nSPS) is 10.2. The number of nitrogens with one attached hydrogen (secondary N) is 2. The number of ether oxygens (including phenoxy) is 1. The zero-order valence-corrected chi connectivity index (χ0v) is 16.3. The van der Waals surface area contributed by atoms with Gasteiger partial charge in [-0.05, 0) is 58.7 Å². The summed E-state index contributed by atoms with van der Waals surface area (Å²) in [5, 5.41) is 5.05. The van der Waals surface area contributed by atoms with Crippen LogP contribution in [0.2, 0.25) is 0 Å². The van der Waals surface area contributed by atoms with Gasteiger partial charge in [-0.2, -0.15) is 0 Å². The zero-order chi connectivity index (χ0) is 18.4. The number of halogens is 2. The summed E-state index contributed by atoms with van der Waals surface area (Å²) in [6.45, 7) is 1.10. The Balaban J connectivity index is 1.74. The molecular weight excluding hydrogens is 460 g/mol. The molecule has 25 heavy (non-hydrogen) atoms. The van der Waals surface area contributed by atoms with Gasteiger partial charge in [0, 0.05) is 10.2 Å². The molecule has 0 aliphatic carbocycles. The van der Waals surface area contributed by atoms with Crippen LogP contribution >= 0.6 is 31.9 Å². The second kappa shape index (κ2) is 8.82. The second-order valence-electron chi connectivity index (χ2n) is 4.96. The Morgan fingerprint density at radius 2 is 1.88 bits per heavy atom. The maximum absolute atomic E-state index is 11.9. The summed E-state index contributed by atoms with van der Waals surface area (Å²) in [4.78, 5) is 35.1. The fraction of sp³-hybridized carbons (Fsp3) is 0.188. The molecule has 0 atom stereocenters. The lowest BCUT2D eigenvalue weighted by Gasteiger charge is -2.09. The predicted molar refractivity (Wildman–Crippen MR) is 97.2 cm³/mol. The van der Waals surface area contributed by atoms with Gasteiger partial charge in [-0.15, -0.1) is 0 Å². The minimum Gasteiger partial charge on any atom is -0.450 e. The number of hydrogen-bond acceptors (Lipinski definition) is 5. The number of anilines is 1. The molecule has 1 aromatic heterocycles. The number of furan rings is 1. The Hall–Kier alpha value is -2.13. The molecule has 9 heteroatoms. The summed E-state index contributed by atoms with van der Waals surface area (Å²) in [5.74, 6) is -1.78. The molecule has 0 saturated heterocycles. The van der Waals surface area contributed by atoms with E-state index in [1.54, 1.807) is 12.1 Å². The third-order valence-electron chi connectivity index (χ3n) is 3.02. The predicted octanol–water partition coefficient (Wildman–Crippen LogP) is 3.02. The highest BCUT2D eigenvalue weighted by atomic mass is 79.9. The van der Waals surface area contributed by atoms with Gasteiger partial charge < -0.3 is 19.8 Å². The number of aryl methyl sites for hydroxylation is 1. The van der Waals surface area contributed by atoms with E-state index in [1.165, 1.54) is 12.1 Å². The highest BCUT2D eigenvalue weighted by Crippen LogP contribution is 2.19. The van der Waals surface area contributed by atoms with E-state index in [2.05, 4.69) is 42.5 Å². The standard InChI is InChI=1S/C16H14Br2N2O5/c1-9-6-10(17)2-3-11(9)20-14(21)7-19-15(22)8-24-16(23)12-4-5-13(18)25-12/h2-6H,7-8H2,1H3,(H,19,22)(H,20,21). The molecule has 0 fully saturated rings. The van der Waals surface area contributed by atoms with Crippen molar-refractivity contribution in [2.24, 2.45) is 0 Å². The van der Waals surface area contributed by atoms with Crippen LogP contribution < -0.4 is 10.6 Å². The number of amides is 2. The first-order valence-electron chi connectivity index (χ1n) is 7.10. The molecule has 2 amide bonds. The average molecular weight is 474 g/mol. The molecule has 0 saturated carbocycles. The molecule has 0 spiro atoms. The quantitative estimate of drug-likeness (QED) is 0.628. The van der Waals surface area contributed by atoms with Crippen LogP contribution in [-0.4, -0.2) is 30.9 Å². The van der Waals surface area contributed by atoms with Crippen molar-refractivity contribution in [1.29, 1.82) is 0 Å². The maximum atomic E-state index is 11.9. The molecule has 7 nitrogen and oxygen atoms in total. The third kappa shape index (κ3) is 6.02. The summed E-state index contributed by atoms with van der Waals surface area (Å²) in [6, 6.07) is 8.36. The van der Waals surface area contributed by atoms with Crippen LogP contribution in [0.5, 0.6) is 0 Å². The van der Waals surface area contributed by atoms with Gasteiger partial charge in [0.15, 0.2) is 11.3 Å². The van der Waals surface area contributed by atoms with Gasteiger partial charge in [-0.25, -0.2) is 4.79 Å². The Morgan fingerprint density at radius 3 is 2.52 bits per heavy atom. The molecule has 0 aliphatic heterocycles. The van der Waals surface area contributed by atoms with Gasteiger partial charge >= 0.3 is 5.97 Å². The van der Waals surface area contributed by atoms with Crippen molar-refractivity contribution in [3.63, 3.8) is 0 Å². The van der Waals surface area contributed by atoms with Crippen LogP contribution in [0.25, 0.3) is 0 Å². The highest BCUT2D eigenvalue weighted by Gasteiger charge is 2.14. The number of carbonyl (C=O) groups is 3. The average Bonchev–Trinajstić information content (AvgIpc) is 3.00. The smallest absolute Gasteiger partial charge is 0.374 e. The molecule has 2 N–H and O–H groups in total. The van der Waals surface area contributed by atoms with Crippen LogP contribution in [0.4, 0.5) is 5.69 Å². The molecule has 1 aromatic carbocycles. The molecule has 0 aliphatic rings. The van der Waals surface area contributed by atoms with Crippen molar-refractivity contribution in [1.82, 2.24) is 5.32 Å². The van der Waals surface area contributed by atoms with Crippen molar-refractivity contribution in [3.05, 3.63) is 50.8 Å². The lowest BCUT2D eigenvalue weighted by Crippen LogP contribution is -2.35. The van der Waals surface area contributed by atoms with E-state index in [0.717, 1.165) is 10.0 Å². The van der Waals surface area contributed by atoms with Crippen molar-refractivity contribution < 1.29 is 23.5 Å². The first-order chi connectivity index (χ1) is 11.8. The van der Waals surface area contributed by atoms with Crippen molar-refractivity contribution in [2.45, 2.75) is 6.92 Å². The Morgan fingerprint density at radius 1 is 1.12 bits per heavy atom. The topological polar surface area (TPSA) is 97.6 Å². The van der Waals surface area contributed by atoms with Crippen molar-refractivity contribution in [3.8, 4) is 0 Å². The number of carbonyl (C=O) groups excluding carboxylic acids is 3. The molecule has 1 heterocycles. The van der Waals surface area contributed by atoms with Gasteiger partial charge in [0.25, 0.3) is 5.91 Å². The molecule has 0 bridgehead atoms. The summed E-state index contributed by atoms with van der Waals surface area (Å²) in [7, 11) is 0. The van der Waals surface area contributed by atoms with Gasteiger partial charge in [0.2, 0.25) is 11.7 Å². The number of benzene rings is 1. The van der Waals surface area contributed by atoms with Crippen LogP contribution in [-0.2, 0) is 14.3 Å². The molecule has 0 unspecified atom stereocenters. The summed E-state index contributed by atoms with van der Waals surface area (Å²) < 4.78 is 11.1. The monoisotopic (exact) mass is 472 g/mol. The van der Waals surface area contributed by atoms with E-state index in [-0.39, 0.29) is 18.2 Å². The molecule has 132 valence electrons. The first-order valence-corrected chi connectivity index (χ1v) is 8.69. The fourth-order valence-corrected chi connectivity index (χ4v) is 2.60. The summed E-state index contributed by atoms with van der Waals surface area (Å²) >= 11 is 6.40. The minimum atomic E-state index is -0.768. The van der Waals surface area contributed by atoms with E-state index in [0.29, 0.717) is 10.4 Å². The summed E-state index contributed by atoms with van der Waals surface area (Å²) in [6.07, 6.45) is 0. The third-order valence-corrected chi connectivity index (χ3v) is 3.94. The number of hydrogen-bond donors (Lipinski definition) is 2. The first kappa shape index (κ1) is 19.2. The maximum Gasteiger partial charge on any atom is 0.374 e. The lowest BCUT2D eigenvalue weighted by molar-refractivity contribution is -0.126. The van der Waals surface area contributed by atoms with E-state index in [1.807, 2.05) is 13.0 Å². The highest BCUT2D eigenvalue weighted by molar-refractivity contribution is 9.10. The van der Waals surface area contributed by atoms with Crippen LogP contribution in [0.1, 0.15) is 16.1 Å². The van der Waals surface area contributed by atoms with Gasteiger partial charge in [0.05, 0.1) is 6.54 Å². The summed E-state index contributed by atoms with van der Waals surface area (Å²) in [5.41, 5.74) is 1.53. The van der Waals surface area contributed by atoms with Crippen LogP contribution in [0.15, 0.2) is 43.9 Å². The van der Waals surface area contributed by atoms with E-state index in [4.69, 9.17) is 9.15 Å². The van der Waals surface area contributed by atoms with Gasteiger partial charge in [0.1, 0.15) is 0 Å². The van der Waals surface area contributed by atoms with Crippen LogP contribution in [0, 0.1) is 6.92 Å². The van der Waals surface area contributed by atoms with Crippen molar-refractivity contribution >= 4 is 55.3 Å². The molecule has 0 radical (unpaired) electrons. The van der Waals surface area contributed by atoms with Gasteiger partial charge in [-0.3, -0.25) is 9.59 Å². The minimum absolute atomic E-state index is 0.0249. The largest absolute Gasteiger partial charge is 0.450 e. The lowest BCUT2D eigenvalue weighted by atomic mass is 10.2. The van der Waals surface area contributed by atoms with E-state index in [9.17, 15) is 14.4 Å². The van der Waals surface area contributed by atoms with E-state index < -0.39 is 18.5 Å². The zero-order valence-electron chi connectivity index (χ0n) is 13.1. The second-order valence-corrected chi connectivity index (χ2v) is 6.66. The Kier molecular flexibility index (Phi) is 6.77. The SMILES string of the molecule is Cc1cc(Br)ccc1NC(=O)CNC(=O)COC(=O)c1ccc(Br)o1. The van der Waals surface area contributed by atoms with Crippen LogP contribution in [0.3, 0.4) is 0 Å². The molecular formula is C16H14Br2N2O5. The molecule has 2 aromatic rings. The number of rotatable bonds is 6.